The van der Waals surface area contributed by atoms with Gasteiger partial charge >= 0.3 is 0 Å². The van der Waals surface area contributed by atoms with E-state index >= 15 is 0 Å². The van der Waals surface area contributed by atoms with Crippen LogP contribution in [0.25, 0.3) is 0 Å². The molecule has 0 amide bonds. The summed E-state index contributed by atoms with van der Waals surface area (Å²) >= 11 is 0. The zero-order valence-corrected chi connectivity index (χ0v) is 19.3. The summed E-state index contributed by atoms with van der Waals surface area (Å²) in [4.78, 5) is 21.8. The number of aromatic nitrogens is 2. The summed E-state index contributed by atoms with van der Waals surface area (Å²) in [6.07, 6.45) is 3.80. The standard InChI is InChI=1S/C27H31N3O2/c1-27(2,3)21-9-7-19(8-10-21)20-15-24-23(25(31)16-20)17-29-26(30-24)28-14-13-18-5-11-22(32-4)12-6-18/h5-12,17,20H,13-16H2,1-4H3,(H,28,29,30)/t20-/m1/s1. The van der Waals surface area contributed by atoms with Crippen LogP contribution in [0.4, 0.5) is 5.95 Å². The van der Waals surface area contributed by atoms with Crippen molar-refractivity contribution in [2.45, 2.75) is 51.4 Å². The van der Waals surface area contributed by atoms with Crippen molar-refractivity contribution in [3.63, 3.8) is 0 Å². The summed E-state index contributed by atoms with van der Waals surface area (Å²) in [7, 11) is 1.67. The average molecular weight is 430 g/mol. The number of nitrogens with one attached hydrogen (secondary N) is 1. The van der Waals surface area contributed by atoms with Crippen molar-refractivity contribution < 1.29 is 9.53 Å². The molecule has 0 saturated carbocycles. The zero-order valence-electron chi connectivity index (χ0n) is 19.3. The van der Waals surface area contributed by atoms with Crippen LogP contribution in [0.15, 0.2) is 54.7 Å². The van der Waals surface area contributed by atoms with Gasteiger partial charge in [-0.25, -0.2) is 9.97 Å². The Bertz CT molecular complexity index is 1080. The fraction of sp³-hybridized carbons (Fsp3) is 0.370. The third-order valence-corrected chi connectivity index (χ3v) is 6.14. The minimum absolute atomic E-state index is 0.118. The second-order valence-corrected chi connectivity index (χ2v) is 9.48. The number of benzene rings is 2. The van der Waals surface area contributed by atoms with Gasteiger partial charge in [-0.3, -0.25) is 4.79 Å². The van der Waals surface area contributed by atoms with Crippen LogP contribution < -0.4 is 10.1 Å². The van der Waals surface area contributed by atoms with Gasteiger partial charge in [0.15, 0.2) is 5.78 Å². The van der Waals surface area contributed by atoms with Gasteiger partial charge in [-0.2, -0.15) is 0 Å². The molecule has 5 nitrogen and oxygen atoms in total. The lowest BCUT2D eigenvalue weighted by atomic mass is 9.80. The van der Waals surface area contributed by atoms with Gasteiger partial charge in [0.2, 0.25) is 5.95 Å². The number of fused-ring (bicyclic) bond motifs is 1. The number of nitrogens with zero attached hydrogens (tertiary/aromatic N) is 2. The molecule has 0 aliphatic heterocycles. The maximum absolute atomic E-state index is 12.7. The molecule has 32 heavy (non-hydrogen) atoms. The van der Waals surface area contributed by atoms with E-state index in [1.807, 2.05) is 12.1 Å². The van der Waals surface area contributed by atoms with Gasteiger partial charge in [-0.15, -0.1) is 0 Å². The van der Waals surface area contributed by atoms with Gasteiger partial charge in [0.25, 0.3) is 0 Å². The molecule has 1 aliphatic carbocycles. The lowest BCUT2D eigenvalue weighted by Crippen LogP contribution is -2.22. The molecular formula is C27H31N3O2. The molecule has 1 heterocycles. The van der Waals surface area contributed by atoms with E-state index in [1.165, 1.54) is 16.7 Å². The van der Waals surface area contributed by atoms with Gasteiger partial charge in [0.05, 0.1) is 18.4 Å². The number of rotatable bonds is 6. The van der Waals surface area contributed by atoms with Crippen molar-refractivity contribution in [1.29, 1.82) is 0 Å². The van der Waals surface area contributed by atoms with Gasteiger partial charge in [-0.05, 0) is 53.0 Å². The fourth-order valence-corrected chi connectivity index (χ4v) is 4.13. The number of hydrogen-bond donors (Lipinski definition) is 1. The number of Topliss-reactive ketones (excluding diaryl/α,β-unsaturated/α-hetero) is 1. The Morgan fingerprint density at radius 3 is 2.41 bits per heavy atom. The SMILES string of the molecule is COc1ccc(CCNc2ncc3c(n2)C[C@@H](c2ccc(C(C)(C)C)cc2)CC3=O)cc1. The van der Waals surface area contributed by atoms with Crippen LogP contribution in [-0.4, -0.2) is 29.4 Å². The Morgan fingerprint density at radius 1 is 1.03 bits per heavy atom. The highest BCUT2D eigenvalue weighted by Gasteiger charge is 2.28. The minimum atomic E-state index is 0.118. The second-order valence-electron chi connectivity index (χ2n) is 9.48. The Hall–Kier alpha value is -3.21. The van der Waals surface area contributed by atoms with Crippen LogP contribution in [0.1, 0.15) is 65.9 Å². The maximum atomic E-state index is 12.7. The number of hydrogen-bond acceptors (Lipinski definition) is 5. The highest BCUT2D eigenvalue weighted by molar-refractivity contribution is 5.98. The number of carbonyl (C=O) groups excluding carboxylic acids is 1. The highest BCUT2D eigenvalue weighted by Crippen LogP contribution is 2.33. The molecule has 2 aromatic carbocycles. The van der Waals surface area contributed by atoms with Crippen molar-refractivity contribution in [3.8, 4) is 5.75 Å². The quantitative estimate of drug-likeness (QED) is 0.572. The van der Waals surface area contributed by atoms with Gasteiger partial charge < -0.3 is 10.1 Å². The van der Waals surface area contributed by atoms with Crippen molar-refractivity contribution in [3.05, 3.63) is 82.7 Å². The summed E-state index contributed by atoms with van der Waals surface area (Å²) in [5.41, 5.74) is 5.33. The van der Waals surface area contributed by atoms with Crippen molar-refractivity contribution >= 4 is 11.7 Å². The monoisotopic (exact) mass is 429 g/mol. The molecule has 0 fully saturated rings. The van der Waals surface area contributed by atoms with Crippen LogP contribution in [0.2, 0.25) is 0 Å². The largest absolute Gasteiger partial charge is 0.497 e. The van der Waals surface area contributed by atoms with Crippen molar-refractivity contribution in [1.82, 2.24) is 9.97 Å². The number of ketones is 1. The normalized spacial score (nSPS) is 15.9. The summed E-state index contributed by atoms with van der Waals surface area (Å²) < 4.78 is 5.20. The first-order valence-corrected chi connectivity index (χ1v) is 11.2. The van der Waals surface area contributed by atoms with Crippen molar-refractivity contribution in [2.75, 3.05) is 19.0 Å². The third-order valence-electron chi connectivity index (χ3n) is 6.14. The van der Waals surface area contributed by atoms with E-state index < -0.39 is 0 Å². The van der Waals surface area contributed by atoms with E-state index in [0.29, 0.717) is 17.9 Å². The first-order chi connectivity index (χ1) is 15.3. The second kappa shape index (κ2) is 9.11. The maximum Gasteiger partial charge on any atom is 0.222 e. The Labute approximate surface area is 190 Å². The fourth-order valence-electron chi connectivity index (χ4n) is 4.13. The van der Waals surface area contributed by atoms with Gasteiger partial charge in [0.1, 0.15) is 5.75 Å². The van der Waals surface area contributed by atoms with Crippen LogP contribution in [0.5, 0.6) is 5.75 Å². The molecule has 0 unspecified atom stereocenters. The Morgan fingerprint density at radius 2 is 1.75 bits per heavy atom. The first-order valence-electron chi connectivity index (χ1n) is 11.2. The van der Waals surface area contributed by atoms with Crippen LogP contribution >= 0.6 is 0 Å². The average Bonchev–Trinajstić information content (AvgIpc) is 2.79. The molecule has 1 N–H and O–H groups in total. The van der Waals surface area contributed by atoms with Gasteiger partial charge in [-0.1, -0.05) is 57.2 Å². The van der Waals surface area contributed by atoms with Gasteiger partial charge in [0, 0.05) is 19.2 Å². The van der Waals surface area contributed by atoms with E-state index in [2.05, 4.69) is 67.5 Å². The van der Waals surface area contributed by atoms with Crippen LogP contribution in [0.3, 0.4) is 0 Å². The molecule has 0 bridgehead atoms. The Kier molecular flexibility index (Phi) is 6.26. The molecule has 4 rings (SSSR count). The number of ether oxygens (including phenoxy) is 1. The lowest BCUT2D eigenvalue weighted by Gasteiger charge is -2.25. The number of carbonyl (C=O) groups is 1. The minimum Gasteiger partial charge on any atom is -0.497 e. The molecule has 1 aliphatic rings. The summed E-state index contributed by atoms with van der Waals surface area (Å²) in [5.74, 6) is 1.72. The zero-order chi connectivity index (χ0) is 22.7. The predicted octanol–water partition coefficient (Wildman–Crippen LogP) is 5.35. The highest BCUT2D eigenvalue weighted by atomic mass is 16.5. The van der Waals surface area contributed by atoms with E-state index in [4.69, 9.17) is 9.72 Å². The van der Waals surface area contributed by atoms with E-state index in [9.17, 15) is 4.79 Å². The predicted molar refractivity (Wildman–Crippen MR) is 128 cm³/mol. The summed E-state index contributed by atoms with van der Waals surface area (Å²) in [6, 6.07) is 16.7. The van der Waals surface area contributed by atoms with E-state index in [-0.39, 0.29) is 17.1 Å². The van der Waals surface area contributed by atoms with E-state index in [1.54, 1.807) is 13.3 Å². The molecule has 0 saturated heterocycles. The van der Waals surface area contributed by atoms with E-state index in [0.717, 1.165) is 30.8 Å². The molecule has 1 atom stereocenters. The molecule has 1 aromatic heterocycles. The molecule has 3 aromatic rings. The smallest absolute Gasteiger partial charge is 0.222 e. The number of methoxy groups -OCH3 is 1. The van der Waals surface area contributed by atoms with Crippen LogP contribution in [0, 0.1) is 0 Å². The molecule has 166 valence electrons. The van der Waals surface area contributed by atoms with Crippen LogP contribution in [-0.2, 0) is 18.3 Å². The molecule has 5 heteroatoms. The first kappa shape index (κ1) is 22.0. The molecular weight excluding hydrogens is 398 g/mol. The number of anilines is 1. The molecule has 0 spiro atoms. The Balaban J connectivity index is 1.43. The lowest BCUT2D eigenvalue weighted by molar-refractivity contribution is 0.0962. The third kappa shape index (κ3) is 4.98. The summed E-state index contributed by atoms with van der Waals surface area (Å²) in [6.45, 7) is 7.35. The summed E-state index contributed by atoms with van der Waals surface area (Å²) in [5, 5.41) is 3.30. The topological polar surface area (TPSA) is 64.1 Å². The van der Waals surface area contributed by atoms with Crippen molar-refractivity contribution in [2.24, 2.45) is 0 Å². The molecule has 0 radical (unpaired) electrons.